The molecule has 36 valence electrons. The fourth-order valence-electron chi connectivity index (χ4n) is 0.486. The van der Waals surface area contributed by atoms with Crippen LogP contribution in [0, 0.1) is 0 Å². The fraction of sp³-hybridized carbons (Fsp3) is 1.00. The van der Waals surface area contributed by atoms with Gasteiger partial charge >= 0.3 is 0 Å². The Morgan fingerprint density at radius 2 is 1.33 bits per heavy atom. The van der Waals surface area contributed by atoms with Crippen molar-refractivity contribution in [1.82, 2.24) is 0 Å². The van der Waals surface area contributed by atoms with Gasteiger partial charge in [-0.3, -0.25) is 0 Å². The summed E-state index contributed by atoms with van der Waals surface area (Å²) in [4.78, 5) is 0. The van der Waals surface area contributed by atoms with Gasteiger partial charge in [-0.25, -0.2) is 0 Å². The molecule has 1 saturated carbocycles. The standard InChI is InChI=1S/C4H6I2/c5-3-1-4(6)2-3/h3-4H,1-2H2. The lowest BCUT2D eigenvalue weighted by molar-refractivity contribution is 0.579. The molecule has 0 aliphatic heterocycles. The maximum Gasteiger partial charge on any atom is 0.0130 e. The van der Waals surface area contributed by atoms with Crippen LogP contribution >= 0.6 is 45.2 Å². The highest BCUT2D eigenvalue weighted by atomic mass is 127. The summed E-state index contributed by atoms with van der Waals surface area (Å²) in [5.74, 6) is 0. The van der Waals surface area contributed by atoms with Crippen LogP contribution in [-0.4, -0.2) is 7.85 Å². The first-order chi connectivity index (χ1) is 2.79. The zero-order valence-corrected chi connectivity index (χ0v) is 7.64. The van der Waals surface area contributed by atoms with E-state index in [1.165, 1.54) is 12.8 Å². The molecule has 0 aromatic rings. The van der Waals surface area contributed by atoms with E-state index < -0.39 is 0 Å². The number of rotatable bonds is 0. The van der Waals surface area contributed by atoms with Crippen molar-refractivity contribution >= 4 is 45.2 Å². The smallest absolute Gasteiger partial charge is 0.0130 e. The molecule has 1 fully saturated rings. The number of alkyl halides is 2. The van der Waals surface area contributed by atoms with Crippen LogP contribution < -0.4 is 0 Å². The van der Waals surface area contributed by atoms with Crippen LogP contribution in [0.5, 0.6) is 0 Å². The van der Waals surface area contributed by atoms with Crippen LogP contribution in [0.25, 0.3) is 0 Å². The summed E-state index contributed by atoms with van der Waals surface area (Å²) < 4.78 is 2.01. The second-order valence-electron chi connectivity index (χ2n) is 1.67. The Morgan fingerprint density at radius 3 is 1.33 bits per heavy atom. The number of hydrogen-bond donors (Lipinski definition) is 0. The maximum atomic E-state index is 2.50. The minimum Gasteiger partial charge on any atom is -0.0825 e. The van der Waals surface area contributed by atoms with Crippen molar-refractivity contribution in [3.05, 3.63) is 0 Å². The zero-order chi connectivity index (χ0) is 4.57. The molecule has 0 unspecified atom stereocenters. The third-order valence-electron chi connectivity index (χ3n) is 1.02. The summed E-state index contributed by atoms with van der Waals surface area (Å²) in [6.45, 7) is 0. The van der Waals surface area contributed by atoms with Crippen LogP contribution in [0.4, 0.5) is 0 Å². The molecular weight excluding hydrogens is 302 g/mol. The van der Waals surface area contributed by atoms with Gasteiger partial charge in [-0.2, -0.15) is 0 Å². The van der Waals surface area contributed by atoms with Crippen LogP contribution in [0.3, 0.4) is 0 Å². The second-order valence-corrected chi connectivity index (χ2v) is 5.19. The molecule has 0 heterocycles. The topological polar surface area (TPSA) is 0 Å². The molecule has 1 aliphatic rings. The Labute approximate surface area is 65.4 Å². The lowest BCUT2D eigenvalue weighted by atomic mass is 10.0. The zero-order valence-electron chi connectivity index (χ0n) is 3.32. The predicted molar refractivity (Wildman–Crippen MR) is 44.9 cm³/mol. The van der Waals surface area contributed by atoms with Crippen molar-refractivity contribution in [2.45, 2.75) is 20.7 Å². The van der Waals surface area contributed by atoms with E-state index in [0.29, 0.717) is 0 Å². The number of hydrogen-bond acceptors (Lipinski definition) is 0. The molecule has 0 N–H and O–H groups in total. The number of halogens is 2. The summed E-state index contributed by atoms with van der Waals surface area (Å²) in [6, 6.07) is 0. The Kier molecular flexibility index (Phi) is 2.01. The Bertz CT molecular complexity index is 41.5. The third kappa shape index (κ3) is 1.21. The van der Waals surface area contributed by atoms with Gasteiger partial charge in [0.15, 0.2) is 0 Å². The van der Waals surface area contributed by atoms with Crippen LogP contribution in [0.2, 0.25) is 0 Å². The van der Waals surface area contributed by atoms with E-state index in [1.807, 2.05) is 0 Å². The summed E-state index contributed by atoms with van der Waals surface area (Å²) in [5.41, 5.74) is 0. The van der Waals surface area contributed by atoms with Gasteiger partial charge < -0.3 is 0 Å². The molecule has 0 aromatic carbocycles. The summed E-state index contributed by atoms with van der Waals surface area (Å²) >= 11 is 5.01. The first kappa shape index (κ1) is 5.59. The molecule has 6 heavy (non-hydrogen) atoms. The lowest BCUT2D eigenvalue weighted by Gasteiger charge is -2.25. The normalized spacial score (nSPS) is 45.0. The Morgan fingerprint density at radius 1 is 1.00 bits per heavy atom. The van der Waals surface area contributed by atoms with Crippen molar-refractivity contribution in [3.63, 3.8) is 0 Å². The van der Waals surface area contributed by atoms with Crippen LogP contribution in [-0.2, 0) is 0 Å². The molecule has 2 heteroatoms. The van der Waals surface area contributed by atoms with E-state index in [1.54, 1.807) is 0 Å². The molecule has 0 bridgehead atoms. The molecule has 0 spiro atoms. The highest BCUT2D eigenvalue weighted by molar-refractivity contribution is 14.1. The van der Waals surface area contributed by atoms with Crippen molar-refractivity contribution in [2.24, 2.45) is 0 Å². The quantitative estimate of drug-likeness (QED) is 0.476. The second kappa shape index (κ2) is 2.15. The van der Waals surface area contributed by atoms with E-state index >= 15 is 0 Å². The fourth-order valence-corrected chi connectivity index (χ4v) is 4.89. The molecule has 0 amide bonds. The SMILES string of the molecule is IC1CC(I)C1. The van der Waals surface area contributed by atoms with Crippen molar-refractivity contribution in [2.75, 3.05) is 0 Å². The Hall–Kier alpha value is 1.46. The average Bonchev–Trinajstić information content (AvgIpc) is 1.33. The first-order valence-corrected chi connectivity index (χ1v) is 4.56. The average molecular weight is 308 g/mol. The van der Waals surface area contributed by atoms with Gasteiger partial charge in [0, 0.05) is 7.85 Å². The van der Waals surface area contributed by atoms with E-state index in [0.717, 1.165) is 7.85 Å². The van der Waals surface area contributed by atoms with Gasteiger partial charge in [-0.1, -0.05) is 45.2 Å². The van der Waals surface area contributed by atoms with Crippen molar-refractivity contribution < 1.29 is 0 Å². The first-order valence-electron chi connectivity index (χ1n) is 2.07. The molecule has 0 aromatic heterocycles. The van der Waals surface area contributed by atoms with E-state index in [2.05, 4.69) is 45.2 Å². The molecule has 0 radical (unpaired) electrons. The summed E-state index contributed by atoms with van der Waals surface area (Å²) in [5, 5.41) is 0. The van der Waals surface area contributed by atoms with Gasteiger partial charge in [0.25, 0.3) is 0 Å². The molecule has 0 nitrogen and oxygen atoms in total. The highest BCUT2D eigenvalue weighted by Gasteiger charge is 2.22. The molecule has 1 rings (SSSR count). The van der Waals surface area contributed by atoms with Crippen LogP contribution in [0.1, 0.15) is 12.8 Å². The van der Waals surface area contributed by atoms with Gasteiger partial charge in [-0.15, -0.1) is 0 Å². The summed E-state index contributed by atoms with van der Waals surface area (Å²) in [7, 11) is 0. The minimum atomic E-state index is 1.00. The molecular formula is C4H6I2. The third-order valence-corrected chi connectivity index (χ3v) is 3.06. The molecule has 0 saturated heterocycles. The lowest BCUT2D eigenvalue weighted by Crippen LogP contribution is -2.22. The van der Waals surface area contributed by atoms with E-state index in [-0.39, 0.29) is 0 Å². The molecule has 0 atom stereocenters. The van der Waals surface area contributed by atoms with Crippen molar-refractivity contribution in [1.29, 1.82) is 0 Å². The van der Waals surface area contributed by atoms with Gasteiger partial charge in [0.2, 0.25) is 0 Å². The van der Waals surface area contributed by atoms with Gasteiger partial charge in [-0.05, 0) is 12.8 Å². The predicted octanol–water partition coefficient (Wildman–Crippen LogP) is 2.39. The molecule has 1 aliphatic carbocycles. The van der Waals surface area contributed by atoms with Crippen LogP contribution in [0.15, 0.2) is 0 Å². The maximum absolute atomic E-state index is 2.50. The van der Waals surface area contributed by atoms with Crippen molar-refractivity contribution in [3.8, 4) is 0 Å². The largest absolute Gasteiger partial charge is 0.0825 e. The monoisotopic (exact) mass is 308 g/mol. The van der Waals surface area contributed by atoms with Gasteiger partial charge in [0.05, 0.1) is 0 Å². The minimum absolute atomic E-state index is 1.00. The Balaban J connectivity index is 2.11. The van der Waals surface area contributed by atoms with E-state index in [9.17, 15) is 0 Å². The van der Waals surface area contributed by atoms with Gasteiger partial charge in [0.1, 0.15) is 0 Å². The highest BCUT2D eigenvalue weighted by Crippen LogP contribution is 2.33. The summed E-state index contributed by atoms with van der Waals surface area (Å²) in [6.07, 6.45) is 2.89. The van der Waals surface area contributed by atoms with E-state index in [4.69, 9.17) is 0 Å².